The van der Waals surface area contributed by atoms with Crippen LogP contribution in [0, 0.1) is 25.7 Å². The molecule has 0 amide bonds. The number of aliphatic hydroxyl groups excluding tert-OH is 1. The third-order valence-electron chi connectivity index (χ3n) is 8.45. The number of aromatic amines is 1. The number of para-hydroxylation sites is 1. The molecule has 3 aromatic carbocycles. The van der Waals surface area contributed by atoms with Crippen molar-refractivity contribution >= 4 is 22.3 Å². The Morgan fingerprint density at radius 1 is 0.974 bits per heavy atom. The van der Waals surface area contributed by atoms with Gasteiger partial charge in [0.1, 0.15) is 0 Å². The van der Waals surface area contributed by atoms with Gasteiger partial charge in [-0.2, -0.15) is 0 Å². The molecule has 3 N–H and O–H groups in total. The summed E-state index contributed by atoms with van der Waals surface area (Å²) in [4.78, 5) is 5.86. The fourth-order valence-corrected chi connectivity index (χ4v) is 6.25. The molecule has 39 heavy (non-hydrogen) atoms. The molecular weight excluding hydrogens is 482 g/mol. The highest BCUT2D eigenvalue weighted by Gasteiger charge is 2.40. The number of nitrogens with one attached hydrogen (secondary N) is 2. The zero-order valence-electron chi connectivity index (χ0n) is 23.5. The molecule has 1 saturated heterocycles. The first-order valence-corrected chi connectivity index (χ1v) is 13.9. The average Bonchev–Trinajstić information content (AvgIpc) is 3.33. The van der Waals surface area contributed by atoms with Crippen molar-refractivity contribution in [3.05, 3.63) is 82.5 Å². The number of nitrogens with zero attached hydrogens (tertiary/aromatic N) is 1. The second-order valence-corrected chi connectivity index (χ2v) is 11.6. The summed E-state index contributed by atoms with van der Waals surface area (Å²) in [5.41, 5.74) is 10.6. The fraction of sp³-hybridized carbons (Fsp3) is 0.353. The molecule has 5 nitrogen and oxygen atoms in total. The van der Waals surface area contributed by atoms with E-state index in [0.29, 0.717) is 0 Å². The highest BCUT2D eigenvalue weighted by Crippen LogP contribution is 2.46. The van der Waals surface area contributed by atoms with Crippen molar-refractivity contribution in [2.45, 2.75) is 52.2 Å². The van der Waals surface area contributed by atoms with Crippen LogP contribution in [0.4, 0.5) is 11.4 Å². The van der Waals surface area contributed by atoms with Crippen LogP contribution in [0.25, 0.3) is 22.0 Å². The Morgan fingerprint density at radius 3 is 2.54 bits per heavy atom. The van der Waals surface area contributed by atoms with Crippen molar-refractivity contribution in [3.8, 4) is 23.0 Å². The van der Waals surface area contributed by atoms with E-state index in [1.54, 1.807) is 0 Å². The summed E-state index contributed by atoms with van der Waals surface area (Å²) in [5.74, 6) is 7.03. The van der Waals surface area contributed by atoms with Gasteiger partial charge in [0.2, 0.25) is 0 Å². The number of H-pyrrole nitrogens is 1. The van der Waals surface area contributed by atoms with Gasteiger partial charge in [0.15, 0.2) is 0 Å². The molecular formula is C34H37N3O2. The normalized spacial score (nSPS) is 20.2. The molecule has 0 saturated carbocycles. The molecule has 0 spiro atoms. The van der Waals surface area contributed by atoms with Crippen LogP contribution in [0.5, 0.6) is 0 Å². The Morgan fingerprint density at radius 2 is 1.74 bits per heavy atom. The second kappa shape index (κ2) is 9.79. The van der Waals surface area contributed by atoms with Gasteiger partial charge in [-0.05, 0) is 68.7 Å². The summed E-state index contributed by atoms with van der Waals surface area (Å²) in [6.07, 6.45) is 1.52. The Balaban J connectivity index is 1.55. The van der Waals surface area contributed by atoms with E-state index in [0.717, 1.165) is 70.9 Å². The first-order valence-electron chi connectivity index (χ1n) is 13.9. The van der Waals surface area contributed by atoms with Gasteiger partial charge >= 0.3 is 0 Å². The zero-order chi connectivity index (χ0) is 27.3. The van der Waals surface area contributed by atoms with Gasteiger partial charge in [0.25, 0.3) is 0 Å². The van der Waals surface area contributed by atoms with Crippen molar-refractivity contribution in [2.24, 2.45) is 0 Å². The molecule has 2 aliphatic heterocycles. The number of ether oxygens (including phenoxy) is 1. The number of hydrogen-bond donors (Lipinski definition) is 3. The minimum absolute atomic E-state index is 0.0801. The molecule has 6 rings (SSSR count). The Labute approximate surface area is 231 Å². The number of benzene rings is 3. The number of rotatable bonds is 2. The summed E-state index contributed by atoms with van der Waals surface area (Å²) in [5, 5.41) is 16.2. The molecule has 2 atom stereocenters. The van der Waals surface area contributed by atoms with Gasteiger partial charge < -0.3 is 25.0 Å². The van der Waals surface area contributed by atoms with Crippen molar-refractivity contribution < 1.29 is 9.84 Å². The number of morpholine rings is 1. The Bertz CT molecular complexity index is 1610. The maximum absolute atomic E-state index is 11.3. The van der Waals surface area contributed by atoms with E-state index in [4.69, 9.17) is 4.74 Å². The molecule has 2 aliphatic rings. The van der Waals surface area contributed by atoms with E-state index in [2.05, 4.69) is 116 Å². The van der Waals surface area contributed by atoms with Gasteiger partial charge in [-0.3, -0.25) is 0 Å². The summed E-state index contributed by atoms with van der Waals surface area (Å²) >= 11 is 0. The standard InChI is InChI=1S/C34H37N3O2/c1-21-18-29(28-11-7-10-26-22(2)20-35-32(26)28)27(30-23(3)33(38)34(4,5)36-31(21)30)13-12-24-8-6-9-25(19-24)37-14-16-39-17-15-37/h6-11,18-20,23,33,35-36,38H,14-17H2,1-5H3/t23-,33?/m0/s1. The summed E-state index contributed by atoms with van der Waals surface area (Å²) in [7, 11) is 0. The highest BCUT2D eigenvalue weighted by atomic mass is 16.5. The Kier molecular flexibility index (Phi) is 6.41. The van der Waals surface area contributed by atoms with Crippen LogP contribution in [0.15, 0.2) is 54.7 Å². The van der Waals surface area contributed by atoms with Gasteiger partial charge in [-0.1, -0.05) is 43.0 Å². The second-order valence-electron chi connectivity index (χ2n) is 11.6. The van der Waals surface area contributed by atoms with Crippen molar-refractivity contribution in [1.29, 1.82) is 0 Å². The molecule has 3 heterocycles. The maximum Gasteiger partial charge on any atom is 0.0831 e. The average molecular weight is 520 g/mol. The van der Waals surface area contributed by atoms with E-state index >= 15 is 0 Å². The van der Waals surface area contributed by atoms with E-state index in [1.807, 2.05) is 0 Å². The lowest BCUT2D eigenvalue weighted by Gasteiger charge is -2.43. The quantitative estimate of drug-likeness (QED) is 0.270. The molecule has 1 aromatic heterocycles. The van der Waals surface area contributed by atoms with Crippen molar-refractivity contribution in [3.63, 3.8) is 0 Å². The minimum atomic E-state index is -0.548. The number of anilines is 2. The monoisotopic (exact) mass is 519 g/mol. The van der Waals surface area contributed by atoms with E-state index in [9.17, 15) is 5.11 Å². The topological polar surface area (TPSA) is 60.5 Å². The molecule has 1 fully saturated rings. The van der Waals surface area contributed by atoms with Crippen LogP contribution in [0.2, 0.25) is 0 Å². The van der Waals surface area contributed by atoms with Crippen LogP contribution in [0.3, 0.4) is 0 Å². The van der Waals surface area contributed by atoms with Crippen LogP contribution >= 0.6 is 0 Å². The lowest BCUT2D eigenvalue weighted by Crippen LogP contribution is -2.50. The number of fused-ring (bicyclic) bond motifs is 2. The zero-order valence-corrected chi connectivity index (χ0v) is 23.5. The lowest BCUT2D eigenvalue weighted by molar-refractivity contribution is 0.0868. The van der Waals surface area contributed by atoms with Crippen molar-refractivity contribution in [1.82, 2.24) is 4.98 Å². The third kappa shape index (κ3) is 4.48. The molecule has 200 valence electrons. The van der Waals surface area contributed by atoms with Crippen LogP contribution in [-0.2, 0) is 4.74 Å². The number of hydrogen-bond acceptors (Lipinski definition) is 4. The number of aromatic nitrogens is 1. The highest BCUT2D eigenvalue weighted by molar-refractivity contribution is 5.98. The number of aryl methyl sites for hydroxylation is 2. The first-order chi connectivity index (χ1) is 18.7. The molecule has 0 aliphatic carbocycles. The summed E-state index contributed by atoms with van der Waals surface area (Å²) < 4.78 is 5.54. The molecule has 4 aromatic rings. The van der Waals surface area contributed by atoms with Gasteiger partial charge in [0, 0.05) is 64.2 Å². The SMILES string of the molecule is Cc1cc(-c2cccc3c(C)c[nH]c23)c(C#Cc2cccc(N3CCOCC3)c2)c2c1NC(C)(C)C(O)[C@H]2C. The summed E-state index contributed by atoms with van der Waals surface area (Å²) in [6.45, 7) is 13.8. The smallest absolute Gasteiger partial charge is 0.0831 e. The first kappa shape index (κ1) is 25.6. The molecule has 5 heteroatoms. The summed E-state index contributed by atoms with van der Waals surface area (Å²) in [6, 6.07) is 17.2. The number of aliphatic hydroxyl groups is 1. The molecule has 0 radical (unpaired) electrons. The Hall–Kier alpha value is -3.72. The predicted molar refractivity (Wildman–Crippen MR) is 161 cm³/mol. The third-order valence-corrected chi connectivity index (χ3v) is 8.45. The fourth-order valence-electron chi connectivity index (χ4n) is 6.25. The van der Waals surface area contributed by atoms with Gasteiger partial charge in [-0.25, -0.2) is 0 Å². The van der Waals surface area contributed by atoms with E-state index in [-0.39, 0.29) is 5.92 Å². The van der Waals surface area contributed by atoms with Crippen LogP contribution in [0.1, 0.15) is 54.5 Å². The van der Waals surface area contributed by atoms with Crippen LogP contribution in [-0.4, -0.2) is 48.0 Å². The van der Waals surface area contributed by atoms with Gasteiger partial charge in [0.05, 0.1) is 30.4 Å². The predicted octanol–water partition coefficient (Wildman–Crippen LogP) is 6.36. The largest absolute Gasteiger partial charge is 0.390 e. The molecule has 0 bridgehead atoms. The lowest BCUT2D eigenvalue weighted by atomic mass is 9.75. The maximum atomic E-state index is 11.3. The van der Waals surface area contributed by atoms with Crippen molar-refractivity contribution in [2.75, 3.05) is 36.5 Å². The molecule has 1 unspecified atom stereocenters. The van der Waals surface area contributed by atoms with Crippen LogP contribution < -0.4 is 10.2 Å². The van der Waals surface area contributed by atoms with Gasteiger partial charge in [-0.15, -0.1) is 0 Å². The van der Waals surface area contributed by atoms with E-state index < -0.39 is 11.6 Å². The minimum Gasteiger partial charge on any atom is -0.390 e. The van der Waals surface area contributed by atoms with E-state index in [1.165, 1.54) is 16.6 Å².